The van der Waals surface area contributed by atoms with Gasteiger partial charge in [0.2, 0.25) is 0 Å². The molecule has 1 aromatic carbocycles. The van der Waals surface area contributed by atoms with Crippen LogP contribution in [-0.2, 0) is 4.84 Å². The Hall–Kier alpha value is -3.75. The number of aromatic nitrogens is 2. The lowest BCUT2D eigenvalue weighted by atomic mass is 10.1. The Morgan fingerprint density at radius 2 is 1.81 bits per heavy atom. The molecule has 0 bridgehead atoms. The lowest BCUT2D eigenvalue weighted by Crippen LogP contribution is -2.04. The molecule has 0 spiro atoms. The maximum atomic E-state index is 13.3. The average Bonchev–Trinajstić information content (AvgIpc) is 2.65. The molecule has 0 aliphatic heterocycles. The molecule has 2 aromatic heterocycles. The summed E-state index contributed by atoms with van der Waals surface area (Å²) in [5.41, 5.74) is 0.711. The molecule has 0 aliphatic carbocycles. The first kappa shape index (κ1) is 17.1. The summed E-state index contributed by atoms with van der Waals surface area (Å²) < 4.78 is 26.4. The predicted molar refractivity (Wildman–Crippen MR) is 88.6 cm³/mol. The first-order valence-corrected chi connectivity index (χ1v) is 7.22. The molecule has 2 heterocycles. The van der Waals surface area contributed by atoms with Gasteiger partial charge in [-0.2, -0.15) is 0 Å². The van der Waals surface area contributed by atoms with Crippen LogP contribution >= 0.6 is 0 Å². The number of benzene rings is 1. The molecule has 0 radical (unpaired) electrons. The standard InChI is InChI=1S/C17H10F2N4O3/c18-13-2-1-11(9-14(13)19)22-17(26-23-25)12-5-8-21-15(16(12)24)10-3-6-20-7-4-10/h1-9,24H. The second-order valence-electron chi connectivity index (χ2n) is 4.97. The lowest BCUT2D eigenvalue weighted by Gasteiger charge is -2.09. The number of rotatable bonds is 4. The van der Waals surface area contributed by atoms with Crippen LogP contribution in [0.15, 0.2) is 65.3 Å². The normalized spacial score (nSPS) is 11.2. The molecule has 3 aromatic rings. The Bertz CT molecular complexity index is 981. The average molecular weight is 356 g/mol. The zero-order chi connectivity index (χ0) is 18.5. The van der Waals surface area contributed by atoms with Gasteiger partial charge in [-0.05, 0) is 30.3 Å². The van der Waals surface area contributed by atoms with E-state index in [1.165, 1.54) is 30.7 Å². The van der Waals surface area contributed by atoms with E-state index in [1.807, 2.05) is 0 Å². The fourth-order valence-electron chi connectivity index (χ4n) is 2.18. The zero-order valence-electron chi connectivity index (χ0n) is 13.0. The van der Waals surface area contributed by atoms with Crippen LogP contribution in [0.25, 0.3) is 11.3 Å². The van der Waals surface area contributed by atoms with Crippen molar-refractivity contribution in [3.8, 4) is 17.0 Å². The van der Waals surface area contributed by atoms with Gasteiger partial charge >= 0.3 is 0 Å². The molecule has 0 saturated carbocycles. The number of aromatic hydroxyl groups is 1. The van der Waals surface area contributed by atoms with Gasteiger partial charge in [0.15, 0.2) is 22.7 Å². The van der Waals surface area contributed by atoms with Crippen molar-refractivity contribution < 1.29 is 18.7 Å². The van der Waals surface area contributed by atoms with Gasteiger partial charge in [0, 0.05) is 30.2 Å². The maximum Gasteiger partial charge on any atom is 0.263 e. The van der Waals surface area contributed by atoms with Crippen LogP contribution in [-0.4, -0.2) is 21.0 Å². The molecule has 0 amide bonds. The van der Waals surface area contributed by atoms with Crippen LogP contribution in [0.5, 0.6) is 5.75 Å². The summed E-state index contributed by atoms with van der Waals surface area (Å²) in [6, 6.07) is 7.44. The highest BCUT2D eigenvalue weighted by atomic mass is 19.2. The highest BCUT2D eigenvalue weighted by Gasteiger charge is 2.18. The molecule has 0 aliphatic rings. The number of aliphatic imine (C=N–C) groups is 1. The number of nitrogens with zero attached hydrogens (tertiary/aromatic N) is 4. The molecule has 0 saturated heterocycles. The van der Waals surface area contributed by atoms with Gasteiger partial charge in [0.25, 0.3) is 5.90 Å². The minimum Gasteiger partial charge on any atom is -0.505 e. The lowest BCUT2D eigenvalue weighted by molar-refractivity contribution is 0.321. The molecule has 7 nitrogen and oxygen atoms in total. The number of hydrogen-bond acceptors (Lipinski definition) is 7. The third-order valence-corrected chi connectivity index (χ3v) is 3.37. The predicted octanol–water partition coefficient (Wildman–Crippen LogP) is 3.90. The Labute approximate surface area is 145 Å². The van der Waals surface area contributed by atoms with Gasteiger partial charge in [-0.1, -0.05) is 0 Å². The molecule has 0 unspecified atom stereocenters. The highest BCUT2D eigenvalue weighted by Crippen LogP contribution is 2.31. The van der Waals surface area contributed by atoms with Crippen molar-refractivity contribution in [3.63, 3.8) is 0 Å². The molecule has 9 heteroatoms. The number of halogens is 2. The van der Waals surface area contributed by atoms with Crippen LogP contribution in [0.1, 0.15) is 5.56 Å². The van der Waals surface area contributed by atoms with E-state index in [9.17, 15) is 18.8 Å². The van der Waals surface area contributed by atoms with Crippen LogP contribution in [0, 0.1) is 16.5 Å². The molecular weight excluding hydrogens is 346 g/mol. The molecule has 3 rings (SSSR count). The van der Waals surface area contributed by atoms with Gasteiger partial charge in [-0.3, -0.25) is 9.97 Å². The zero-order valence-corrected chi connectivity index (χ0v) is 13.0. The Morgan fingerprint density at radius 1 is 1.04 bits per heavy atom. The van der Waals surface area contributed by atoms with Gasteiger partial charge in [-0.15, -0.1) is 4.91 Å². The fraction of sp³-hybridized carbons (Fsp3) is 0. The molecular formula is C17H10F2N4O3. The van der Waals surface area contributed by atoms with Gasteiger partial charge in [-0.25, -0.2) is 13.8 Å². The molecule has 130 valence electrons. The van der Waals surface area contributed by atoms with Crippen molar-refractivity contribution in [1.29, 1.82) is 0 Å². The van der Waals surface area contributed by atoms with Crippen LogP contribution in [0.2, 0.25) is 0 Å². The molecule has 0 atom stereocenters. The van der Waals surface area contributed by atoms with E-state index in [-0.39, 0.29) is 22.7 Å². The number of pyridine rings is 2. The second kappa shape index (κ2) is 7.43. The third-order valence-electron chi connectivity index (χ3n) is 3.37. The van der Waals surface area contributed by atoms with Crippen molar-refractivity contribution in [2.24, 2.45) is 10.3 Å². The Balaban J connectivity index is 2.10. The summed E-state index contributed by atoms with van der Waals surface area (Å²) in [5, 5.41) is 12.8. The Kier molecular flexibility index (Phi) is 4.88. The van der Waals surface area contributed by atoms with E-state index in [0.717, 1.165) is 12.1 Å². The van der Waals surface area contributed by atoms with Gasteiger partial charge in [0.05, 0.1) is 11.3 Å². The van der Waals surface area contributed by atoms with E-state index in [0.29, 0.717) is 5.56 Å². The maximum absolute atomic E-state index is 13.3. The number of hydrogen-bond donors (Lipinski definition) is 1. The monoisotopic (exact) mass is 356 g/mol. The largest absolute Gasteiger partial charge is 0.505 e. The van der Waals surface area contributed by atoms with Crippen LogP contribution in [0.4, 0.5) is 14.5 Å². The summed E-state index contributed by atoms with van der Waals surface area (Å²) in [6.07, 6.45) is 4.39. The van der Waals surface area contributed by atoms with Crippen LogP contribution < -0.4 is 0 Å². The SMILES string of the molecule is O=NOC(=Nc1ccc(F)c(F)c1)c1ccnc(-c2ccncc2)c1O. The fourth-order valence-corrected chi connectivity index (χ4v) is 2.18. The Morgan fingerprint density at radius 3 is 2.50 bits per heavy atom. The van der Waals surface area contributed by atoms with E-state index in [4.69, 9.17) is 0 Å². The van der Waals surface area contributed by atoms with Crippen LogP contribution in [0.3, 0.4) is 0 Å². The van der Waals surface area contributed by atoms with E-state index < -0.39 is 17.5 Å². The molecule has 1 N–H and O–H groups in total. The molecule has 0 fully saturated rings. The summed E-state index contributed by atoms with van der Waals surface area (Å²) >= 11 is 0. The first-order chi connectivity index (χ1) is 12.6. The van der Waals surface area contributed by atoms with Crippen molar-refractivity contribution in [2.75, 3.05) is 0 Å². The first-order valence-electron chi connectivity index (χ1n) is 7.22. The topological polar surface area (TPSA) is 97.0 Å². The minimum absolute atomic E-state index is 0.00357. The third kappa shape index (κ3) is 3.51. The second-order valence-corrected chi connectivity index (χ2v) is 4.97. The molecule has 26 heavy (non-hydrogen) atoms. The van der Waals surface area contributed by atoms with Crippen molar-refractivity contribution >= 4 is 11.6 Å². The highest BCUT2D eigenvalue weighted by molar-refractivity contribution is 5.99. The van der Waals surface area contributed by atoms with Crippen molar-refractivity contribution in [2.45, 2.75) is 0 Å². The smallest absolute Gasteiger partial charge is 0.263 e. The minimum atomic E-state index is -1.12. The van der Waals surface area contributed by atoms with Crippen molar-refractivity contribution in [1.82, 2.24) is 9.97 Å². The van der Waals surface area contributed by atoms with E-state index in [1.54, 1.807) is 12.1 Å². The van der Waals surface area contributed by atoms with Gasteiger partial charge < -0.3 is 9.94 Å². The quantitative estimate of drug-likeness (QED) is 0.331. The van der Waals surface area contributed by atoms with E-state index in [2.05, 4.69) is 25.1 Å². The summed E-state index contributed by atoms with van der Waals surface area (Å²) in [7, 11) is 0. The van der Waals surface area contributed by atoms with Gasteiger partial charge in [0.1, 0.15) is 5.69 Å². The summed E-state index contributed by atoms with van der Waals surface area (Å²) in [4.78, 5) is 27.0. The summed E-state index contributed by atoms with van der Waals surface area (Å²) in [6.45, 7) is 0. The van der Waals surface area contributed by atoms with Crippen molar-refractivity contribution in [3.05, 3.63) is 77.1 Å². The van der Waals surface area contributed by atoms with E-state index >= 15 is 0 Å². The summed E-state index contributed by atoms with van der Waals surface area (Å²) in [5.74, 6) is -2.90.